The summed E-state index contributed by atoms with van der Waals surface area (Å²) in [4.78, 5) is 17.4. The zero-order valence-electron chi connectivity index (χ0n) is 10.4. The Morgan fingerprint density at radius 3 is 2.26 bits per heavy atom. The zero-order chi connectivity index (χ0) is 14.0. The van der Waals surface area contributed by atoms with Crippen molar-refractivity contribution in [3.05, 3.63) is 46.9 Å². The maximum Gasteiger partial charge on any atom is 0.303 e. The van der Waals surface area contributed by atoms with Crippen molar-refractivity contribution >= 4 is 9.84 Å². The Balaban J connectivity index is 2.43. The van der Waals surface area contributed by atoms with Crippen LogP contribution in [0.1, 0.15) is 0 Å². The van der Waals surface area contributed by atoms with E-state index < -0.39 is 15.4 Å². The molecule has 1 heterocycles. The highest BCUT2D eigenvalue weighted by Crippen LogP contribution is 2.19. The van der Waals surface area contributed by atoms with Gasteiger partial charge < -0.3 is 4.84 Å². The predicted molar refractivity (Wildman–Crippen MR) is 69.5 cm³/mol. The molecule has 100 valence electrons. The third kappa shape index (κ3) is 2.82. The van der Waals surface area contributed by atoms with Gasteiger partial charge in [-0.2, -0.15) is 0 Å². The second kappa shape index (κ2) is 4.85. The van der Waals surface area contributed by atoms with Crippen molar-refractivity contribution in [2.75, 3.05) is 13.4 Å². The number of nitrogens with zero attached hydrogens (tertiary/aromatic N) is 2. The molecule has 0 fully saturated rings. The summed E-state index contributed by atoms with van der Waals surface area (Å²) in [7, 11) is -1.88. The molecule has 0 saturated heterocycles. The van der Waals surface area contributed by atoms with E-state index in [9.17, 15) is 13.2 Å². The lowest BCUT2D eigenvalue weighted by molar-refractivity contribution is 0.121. The van der Waals surface area contributed by atoms with Crippen LogP contribution in [0.2, 0.25) is 0 Å². The Kier molecular flexibility index (Phi) is 3.39. The van der Waals surface area contributed by atoms with Gasteiger partial charge in [0.25, 0.3) is 0 Å². The second-order valence-electron chi connectivity index (χ2n) is 3.93. The van der Waals surface area contributed by atoms with Gasteiger partial charge in [-0.3, -0.25) is 4.79 Å². The van der Waals surface area contributed by atoms with E-state index in [0.717, 1.165) is 11.1 Å². The van der Waals surface area contributed by atoms with Crippen molar-refractivity contribution in [3.63, 3.8) is 0 Å². The molecule has 2 aromatic rings. The highest BCUT2D eigenvalue weighted by molar-refractivity contribution is 7.90. The molecule has 0 aliphatic carbocycles. The lowest BCUT2D eigenvalue weighted by atomic mass is 10.1. The van der Waals surface area contributed by atoms with E-state index in [1.807, 2.05) is 0 Å². The molecular weight excluding hydrogens is 268 g/mol. The molecule has 0 saturated carbocycles. The van der Waals surface area contributed by atoms with E-state index >= 15 is 0 Å². The molecule has 1 aromatic carbocycles. The van der Waals surface area contributed by atoms with Gasteiger partial charge in [-0.05, 0) is 17.7 Å². The van der Waals surface area contributed by atoms with Crippen LogP contribution in [0.25, 0.3) is 11.1 Å². The Morgan fingerprint density at radius 2 is 1.79 bits per heavy atom. The Hall–Kier alpha value is -2.15. The van der Waals surface area contributed by atoms with Crippen molar-refractivity contribution in [2.45, 2.75) is 4.90 Å². The van der Waals surface area contributed by atoms with E-state index in [1.54, 1.807) is 12.1 Å². The van der Waals surface area contributed by atoms with Crippen molar-refractivity contribution < 1.29 is 13.3 Å². The monoisotopic (exact) mass is 280 g/mol. The summed E-state index contributed by atoms with van der Waals surface area (Å²) in [6.45, 7) is 0. The highest BCUT2D eigenvalue weighted by atomic mass is 32.2. The summed E-state index contributed by atoms with van der Waals surface area (Å²) < 4.78 is 22.7. The molecular formula is C12H12N2O4S. The number of aromatic nitrogens is 2. The maximum absolute atomic E-state index is 11.6. The fourth-order valence-electron chi connectivity index (χ4n) is 1.59. The molecule has 0 amide bonds. The van der Waals surface area contributed by atoms with Gasteiger partial charge in [0, 0.05) is 17.9 Å². The van der Waals surface area contributed by atoms with Gasteiger partial charge in [0.1, 0.15) is 7.11 Å². The van der Waals surface area contributed by atoms with Crippen LogP contribution in [-0.2, 0) is 9.84 Å². The Bertz CT molecular complexity index is 748. The minimum absolute atomic E-state index is 0.231. The maximum atomic E-state index is 11.6. The third-order valence-electron chi connectivity index (χ3n) is 2.56. The molecule has 0 radical (unpaired) electrons. The summed E-state index contributed by atoms with van der Waals surface area (Å²) in [5, 5.41) is 3.81. The lowest BCUT2D eigenvalue weighted by Gasteiger charge is -2.04. The molecule has 0 unspecified atom stereocenters. The summed E-state index contributed by atoms with van der Waals surface area (Å²) in [6, 6.07) is 7.61. The van der Waals surface area contributed by atoms with E-state index in [0.29, 0.717) is 11.1 Å². The van der Waals surface area contributed by atoms with Crippen LogP contribution in [0, 0.1) is 0 Å². The van der Waals surface area contributed by atoms with Crippen molar-refractivity contribution in [3.8, 4) is 11.1 Å². The van der Waals surface area contributed by atoms with Crippen molar-refractivity contribution in [1.82, 2.24) is 9.94 Å². The number of benzene rings is 1. The van der Waals surface area contributed by atoms with Gasteiger partial charge in [0.15, 0.2) is 9.84 Å². The molecule has 1 aromatic heterocycles. The van der Waals surface area contributed by atoms with Crippen LogP contribution in [-0.4, -0.2) is 31.7 Å². The number of hydrogen-bond donors (Lipinski definition) is 0. The first kappa shape index (κ1) is 13.3. The molecule has 0 bridgehead atoms. The summed E-state index contributed by atoms with van der Waals surface area (Å²) in [6.07, 6.45) is 2.61. The normalized spacial score (nSPS) is 11.3. The SMILES string of the molecule is COn1ncc(-c2ccc(S(C)(=O)=O)cc2)cc1=O. The molecule has 0 N–H and O–H groups in total. The first-order valence-corrected chi connectivity index (χ1v) is 7.25. The van der Waals surface area contributed by atoms with E-state index in [1.165, 1.54) is 31.5 Å². The Morgan fingerprint density at radius 1 is 1.16 bits per heavy atom. The van der Waals surface area contributed by atoms with Gasteiger partial charge in [-0.15, -0.1) is 5.10 Å². The van der Waals surface area contributed by atoms with Gasteiger partial charge in [0.05, 0.1) is 11.1 Å². The number of rotatable bonds is 3. The van der Waals surface area contributed by atoms with E-state index in [4.69, 9.17) is 4.84 Å². The van der Waals surface area contributed by atoms with Crippen molar-refractivity contribution in [1.29, 1.82) is 0 Å². The summed E-state index contributed by atoms with van der Waals surface area (Å²) in [5.41, 5.74) is 0.908. The van der Waals surface area contributed by atoms with Crippen LogP contribution in [0.15, 0.2) is 46.2 Å². The zero-order valence-corrected chi connectivity index (χ0v) is 11.2. The second-order valence-corrected chi connectivity index (χ2v) is 5.95. The largest absolute Gasteiger partial charge is 0.397 e. The topological polar surface area (TPSA) is 78.3 Å². The molecule has 7 heteroatoms. The summed E-state index contributed by atoms with van der Waals surface area (Å²) >= 11 is 0. The van der Waals surface area contributed by atoms with E-state index in [-0.39, 0.29) is 4.90 Å². The van der Waals surface area contributed by atoms with E-state index in [2.05, 4.69) is 5.10 Å². The van der Waals surface area contributed by atoms with Crippen LogP contribution in [0.5, 0.6) is 0 Å². The van der Waals surface area contributed by atoms with Crippen molar-refractivity contribution in [2.24, 2.45) is 0 Å². The van der Waals surface area contributed by atoms with Crippen LogP contribution in [0.3, 0.4) is 0 Å². The van der Waals surface area contributed by atoms with Gasteiger partial charge in [0.2, 0.25) is 0 Å². The summed E-state index contributed by atoms with van der Waals surface area (Å²) in [5.74, 6) is 0. The first-order valence-electron chi connectivity index (χ1n) is 5.36. The van der Waals surface area contributed by atoms with Crippen LogP contribution in [0.4, 0.5) is 0 Å². The minimum Gasteiger partial charge on any atom is -0.397 e. The smallest absolute Gasteiger partial charge is 0.303 e. The highest BCUT2D eigenvalue weighted by Gasteiger charge is 2.08. The quantitative estimate of drug-likeness (QED) is 0.811. The number of hydrogen-bond acceptors (Lipinski definition) is 5. The standard InChI is InChI=1S/C12H12N2O4S/c1-18-14-12(15)7-10(8-13-14)9-3-5-11(6-4-9)19(2,16)17/h3-8H,1-2H3. The predicted octanol–water partition coefficient (Wildman–Crippen LogP) is 0.372. The minimum atomic E-state index is -3.22. The lowest BCUT2D eigenvalue weighted by Crippen LogP contribution is -2.26. The molecule has 0 aliphatic rings. The fraction of sp³-hybridized carbons (Fsp3) is 0.167. The molecule has 0 aliphatic heterocycles. The first-order chi connectivity index (χ1) is 8.91. The molecule has 0 spiro atoms. The third-order valence-corrected chi connectivity index (χ3v) is 3.69. The average molecular weight is 280 g/mol. The van der Waals surface area contributed by atoms with Gasteiger partial charge in [-0.25, -0.2) is 8.42 Å². The molecule has 19 heavy (non-hydrogen) atoms. The molecule has 2 rings (SSSR count). The van der Waals surface area contributed by atoms with Crippen LogP contribution < -0.4 is 10.4 Å². The average Bonchev–Trinajstić information content (AvgIpc) is 2.38. The molecule has 6 nitrogen and oxygen atoms in total. The number of sulfone groups is 1. The van der Waals surface area contributed by atoms with Crippen LogP contribution >= 0.6 is 0 Å². The van der Waals surface area contributed by atoms with Gasteiger partial charge >= 0.3 is 5.56 Å². The Labute approximate surface area is 110 Å². The van der Waals surface area contributed by atoms with Gasteiger partial charge in [-0.1, -0.05) is 17.0 Å². The molecule has 0 atom stereocenters. The fourth-order valence-corrected chi connectivity index (χ4v) is 2.22.